The van der Waals surface area contributed by atoms with Crippen molar-refractivity contribution in [3.05, 3.63) is 46.9 Å². The van der Waals surface area contributed by atoms with E-state index in [1.54, 1.807) is 7.11 Å². The highest BCUT2D eigenvalue weighted by molar-refractivity contribution is 5.42. The second-order valence-corrected chi connectivity index (χ2v) is 4.47. The molecule has 1 aromatic heterocycles. The van der Waals surface area contributed by atoms with E-state index in [4.69, 9.17) is 19.6 Å². The molecule has 1 aromatic carbocycles. The number of furan rings is 1. The number of nitrogens with two attached hydrogens (primary N) is 1. The Morgan fingerprint density at radius 1 is 1.16 bits per heavy atom. The molecule has 0 unspecified atom stereocenters. The van der Waals surface area contributed by atoms with Crippen molar-refractivity contribution in [1.29, 1.82) is 0 Å². The summed E-state index contributed by atoms with van der Waals surface area (Å²) in [6.45, 7) is 4.75. The lowest BCUT2D eigenvalue weighted by Crippen LogP contribution is -1.97. The fourth-order valence-corrected chi connectivity index (χ4v) is 1.91. The lowest BCUT2D eigenvalue weighted by Gasteiger charge is -2.10. The molecule has 0 aliphatic heterocycles. The minimum absolute atomic E-state index is 0.361. The van der Waals surface area contributed by atoms with Crippen LogP contribution in [-0.4, -0.2) is 7.11 Å². The summed E-state index contributed by atoms with van der Waals surface area (Å²) < 4.78 is 16.6. The highest BCUT2D eigenvalue weighted by Gasteiger charge is 2.09. The van der Waals surface area contributed by atoms with Gasteiger partial charge in [0.05, 0.1) is 13.7 Å². The van der Waals surface area contributed by atoms with Crippen LogP contribution in [0.1, 0.15) is 22.6 Å². The summed E-state index contributed by atoms with van der Waals surface area (Å²) in [4.78, 5) is 0. The van der Waals surface area contributed by atoms with Gasteiger partial charge in [0.15, 0.2) is 11.5 Å². The number of rotatable bonds is 5. The molecule has 0 bridgehead atoms. The van der Waals surface area contributed by atoms with Crippen LogP contribution in [0.25, 0.3) is 0 Å². The van der Waals surface area contributed by atoms with E-state index in [0.29, 0.717) is 18.9 Å². The molecule has 0 saturated carbocycles. The van der Waals surface area contributed by atoms with Crippen molar-refractivity contribution in [2.45, 2.75) is 27.0 Å². The summed E-state index contributed by atoms with van der Waals surface area (Å²) in [5.74, 6) is 2.99. The molecule has 4 nitrogen and oxygen atoms in total. The quantitative estimate of drug-likeness (QED) is 0.899. The van der Waals surface area contributed by atoms with Crippen molar-refractivity contribution in [1.82, 2.24) is 0 Å². The Morgan fingerprint density at radius 2 is 1.95 bits per heavy atom. The SMILES string of the molecule is COc1cc(C)ccc1OCc1cc(C)c(CN)o1. The van der Waals surface area contributed by atoms with Crippen LogP contribution in [0.2, 0.25) is 0 Å². The first-order chi connectivity index (χ1) is 9.13. The molecule has 0 amide bonds. The first kappa shape index (κ1) is 13.5. The fraction of sp³-hybridized carbons (Fsp3) is 0.333. The van der Waals surface area contributed by atoms with Gasteiger partial charge in [-0.2, -0.15) is 0 Å². The van der Waals surface area contributed by atoms with Gasteiger partial charge in [-0.05, 0) is 43.2 Å². The van der Waals surface area contributed by atoms with Crippen molar-refractivity contribution in [3.8, 4) is 11.5 Å². The van der Waals surface area contributed by atoms with Crippen molar-refractivity contribution in [2.24, 2.45) is 5.73 Å². The van der Waals surface area contributed by atoms with Crippen molar-refractivity contribution in [3.63, 3.8) is 0 Å². The third kappa shape index (κ3) is 3.09. The molecule has 0 atom stereocenters. The minimum Gasteiger partial charge on any atom is -0.493 e. The van der Waals surface area contributed by atoms with Crippen LogP contribution in [0.15, 0.2) is 28.7 Å². The maximum atomic E-state index is 5.72. The number of ether oxygens (including phenoxy) is 2. The van der Waals surface area contributed by atoms with Gasteiger partial charge in [-0.15, -0.1) is 0 Å². The Kier molecular flexibility index (Phi) is 4.12. The Morgan fingerprint density at radius 3 is 2.58 bits per heavy atom. The number of aryl methyl sites for hydroxylation is 2. The minimum atomic E-state index is 0.361. The summed E-state index contributed by atoms with van der Waals surface area (Å²) in [6, 6.07) is 7.77. The van der Waals surface area contributed by atoms with Gasteiger partial charge in [0.25, 0.3) is 0 Å². The van der Waals surface area contributed by atoms with Gasteiger partial charge >= 0.3 is 0 Å². The predicted molar refractivity (Wildman–Crippen MR) is 73.4 cm³/mol. The number of hydrogen-bond donors (Lipinski definition) is 1. The maximum Gasteiger partial charge on any atom is 0.161 e. The summed E-state index contributed by atoms with van der Waals surface area (Å²) in [6.07, 6.45) is 0. The Labute approximate surface area is 113 Å². The van der Waals surface area contributed by atoms with Gasteiger partial charge in [0.1, 0.15) is 18.1 Å². The van der Waals surface area contributed by atoms with Crippen LogP contribution in [0.4, 0.5) is 0 Å². The summed E-state index contributed by atoms with van der Waals surface area (Å²) in [5.41, 5.74) is 7.76. The molecule has 19 heavy (non-hydrogen) atoms. The predicted octanol–water partition coefficient (Wildman–Crippen LogP) is 2.94. The smallest absolute Gasteiger partial charge is 0.161 e. The second-order valence-electron chi connectivity index (χ2n) is 4.47. The normalized spacial score (nSPS) is 10.5. The molecule has 0 aliphatic carbocycles. The zero-order valence-corrected chi connectivity index (χ0v) is 11.5. The molecule has 0 fully saturated rings. The van der Waals surface area contributed by atoms with E-state index in [9.17, 15) is 0 Å². The molecule has 2 rings (SSSR count). The molecule has 0 saturated heterocycles. The molecule has 2 aromatic rings. The van der Waals surface area contributed by atoms with Gasteiger partial charge in [-0.25, -0.2) is 0 Å². The van der Waals surface area contributed by atoms with Crippen LogP contribution < -0.4 is 15.2 Å². The molecule has 4 heteroatoms. The summed E-state index contributed by atoms with van der Waals surface area (Å²) in [7, 11) is 1.63. The number of benzene rings is 1. The lowest BCUT2D eigenvalue weighted by atomic mass is 10.2. The zero-order valence-electron chi connectivity index (χ0n) is 11.5. The average Bonchev–Trinajstić information content (AvgIpc) is 2.77. The van der Waals surface area contributed by atoms with E-state index in [0.717, 1.165) is 28.4 Å². The Hall–Kier alpha value is -1.94. The third-order valence-electron chi connectivity index (χ3n) is 2.95. The van der Waals surface area contributed by atoms with Crippen molar-refractivity contribution in [2.75, 3.05) is 7.11 Å². The Balaban J connectivity index is 2.09. The largest absolute Gasteiger partial charge is 0.493 e. The lowest BCUT2D eigenvalue weighted by molar-refractivity contribution is 0.253. The third-order valence-corrected chi connectivity index (χ3v) is 2.95. The molecule has 0 aliphatic rings. The van der Waals surface area contributed by atoms with E-state index in [-0.39, 0.29) is 0 Å². The molecule has 102 valence electrons. The van der Waals surface area contributed by atoms with E-state index in [1.165, 1.54) is 0 Å². The van der Waals surface area contributed by atoms with Crippen LogP contribution in [-0.2, 0) is 13.2 Å². The van der Waals surface area contributed by atoms with E-state index in [1.807, 2.05) is 38.1 Å². The standard InChI is InChI=1S/C15H19NO3/c1-10-4-5-13(14(6-10)17-3)18-9-12-7-11(2)15(8-16)19-12/h4-7H,8-9,16H2,1-3H3. The van der Waals surface area contributed by atoms with Gasteiger partial charge in [0.2, 0.25) is 0 Å². The van der Waals surface area contributed by atoms with Gasteiger partial charge in [-0.1, -0.05) is 6.07 Å². The fourth-order valence-electron chi connectivity index (χ4n) is 1.91. The first-order valence-corrected chi connectivity index (χ1v) is 6.19. The van der Waals surface area contributed by atoms with Crippen molar-refractivity contribution >= 4 is 0 Å². The second kappa shape index (κ2) is 5.80. The van der Waals surface area contributed by atoms with E-state index in [2.05, 4.69) is 0 Å². The zero-order chi connectivity index (χ0) is 13.8. The molecular formula is C15H19NO3. The van der Waals surface area contributed by atoms with E-state index < -0.39 is 0 Å². The van der Waals surface area contributed by atoms with Gasteiger partial charge < -0.3 is 19.6 Å². The van der Waals surface area contributed by atoms with E-state index >= 15 is 0 Å². The van der Waals surface area contributed by atoms with Crippen LogP contribution in [0.3, 0.4) is 0 Å². The molecule has 0 spiro atoms. The monoisotopic (exact) mass is 261 g/mol. The van der Waals surface area contributed by atoms with Crippen molar-refractivity contribution < 1.29 is 13.9 Å². The first-order valence-electron chi connectivity index (χ1n) is 6.19. The maximum absolute atomic E-state index is 5.72. The molecule has 0 radical (unpaired) electrons. The topological polar surface area (TPSA) is 57.6 Å². The highest BCUT2D eigenvalue weighted by atomic mass is 16.5. The molecule has 2 N–H and O–H groups in total. The van der Waals surface area contributed by atoms with Gasteiger partial charge in [-0.3, -0.25) is 0 Å². The summed E-state index contributed by atoms with van der Waals surface area (Å²) in [5, 5.41) is 0. The number of hydrogen-bond acceptors (Lipinski definition) is 4. The summed E-state index contributed by atoms with van der Waals surface area (Å²) >= 11 is 0. The van der Waals surface area contributed by atoms with Crippen LogP contribution >= 0.6 is 0 Å². The van der Waals surface area contributed by atoms with Crippen LogP contribution in [0, 0.1) is 13.8 Å². The number of methoxy groups -OCH3 is 1. The Bertz CT molecular complexity index is 561. The average molecular weight is 261 g/mol. The van der Waals surface area contributed by atoms with Gasteiger partial charge in [0, 0.05) is 0 Å². The molecular weight excluding hydrogens is 242 g/mol. The molecule has 1 heterocycles. The highest BCUT2D eigenvalue weighted by Crippen LogP contribution is 2.28. The van der Waals surface area contributed by atoms with Crippen LogP contribution in [0.5, 0.6) is 11.5 Å².